The van der Waals surface area contributed by atoms with Crippen LogP contribution in [0.2, 0.25) is 0 Å². The summed E-state index contributed by atoms with van der Waals surface area (Å²) in [5.74, 6) is 0.451. The first kappa shape index (κ1) is 19.3. The molecule has 7 heteroatoms. The minimum atomic E-state index is -0.291. The van der Waals surface area contributed by atoms with Crippen LogP contribution in [0.15, 0.2) is 58.4 Å². The second-order valence-corrected chi connectivity index (χ2v) is 6.56. The van der Waals surface area contributed by atoms with Crippen LogP contribution in [0.1, 0.15) is 31.5 Å². The molecule has 0 radical (unpaired) electrons. The maximum absolute atomic E-state index is 12.1. The fourth-order valence-electron chi connectivity index (χ4n) is 2.64. The Labute approximate surface area is 162 Å². The number of hydrogen-bond acceptors (Lipinski definition) is 5. The van der Waals surface area contributed by atoms with Gasteiger partial charge in [0.2, 0.25) is 5.91 Å². The van der Waals surface area contributed by atoms with Crippen molar-refractivity contribution in [2.24, 2.45) is 5.10 Å². The van der Waals surface area contributed by atoms with Gasteiger partial charge < -0.3 is 9.72 Å². The first-order valence-corrected chi connectivity index (χ1v) is 9.08. The Kier molecular flexibility index (Phi) is 6.16. The van der Waals surface area contributed by atoms with Crippen LogP contribution in [-0.4, -0.2) is 28.2 Å². The van der Waals surface area contributed by atoms with Gasteiger partial charge in [-0.2, -0.15) is 5.10 Å². The number of aromatic amines is 1. The number of ether oxygens (including phenoxy) is 1. The number of nitrogens with zero attached hydrogens (tertiary/aromatic N) is 2. The van der Waals surface area contributed by atoms with Crippen molar-refractivity contribution < 1.29 is 9.53 Å². The van der Waals surface area contributed by atoms with E-state index in [1.54, 1.807) is 12.3 Å². The van der Waals surface area contributed by atoms with E-state index in [-0.39, 0.29) is 30.4 Å². The number of aromatic nitrogens is 2. The molecule has 3 aromatic rings. The molecule has 7 nitrogen and oxygen atoms in total. The predicted octanol–water partition coefficient (Wildman–Crippen LogP) is 2.79. The zero-order valence-electron chi connectivity index (χ0n) is 15.8. The van der Waals surface area contributed by atoms with Gasteiger partial charge in [-0.05, 0) is 43.7 Å². The number of fused-ring (bicyclic) bond motifs is 1. The number of H-pyrrole nitrogens is 1. The van der Waals surface area contributed by atoms with Crippen LogP contribution >= 0.6 is 0 Å². The number of benzene rings is 2. The van der Waals surface area contributed by atoms with E-state index in [9.17, 15) is 9.59 Å². The topological polar surface area (TPSA) is 96.4 Å². The van der Waals surface area contributed by atoms with Gasteiger partial charge in [0.15, 0.2) is 0 Å². The van der Waals surface area contributed by atoms with Crippen molar-refractivity contribution in [2.75, 3.05) is 0 Å². The predicted molar refractivity (Wildman–Crippen MR) is 109 cm³/mol. The smallest absolute Gasteiger partial charge is 0.270 e. The molecular weight excluding hydrogens is 356 g/mol. The Morgan fingerprint density at radius 2 is 2.07 bits per heavy atom. The molecule has 0 aliphatic heterocycles. The Balaban J connectivity index is 1.56. The van der Waals surface area contributed by atoms with Crippen molar-refractivity contribution in [3.8, 4) is 5.75 Å². The second-order valence-electron chi connectivity index (χ2n) is 6.56. The lowest BCUT2D eigenvalue weighted by Gasteiger charge is -2.09. The number of nitrogens with one attached hydrogen (secondary N) is 2. The van der Waals surface area contributed by atoms with E-state index in [2.05, 4.69) is 20.5 Å². The molecule has 28 heavy (non-hydrogen) atoms. The van der Waals surface area contributed by atoms with Gasteiger partial charge in [-0.15, -0.1) is 0 Å². The summed E-state index contributed by atoms with van der Waals surface area (Å²) in [6, 6.07) is 14.7. The van der Waals surface area contributed by atoms with E-state index in [1.165, 1.54) is 0 Å². The minimum Gasteiger partial charge on any atom is -0.491 e. The van der Waals surface area contributed by atoms with Crippen molar-refractivity contribution in [2.45, 2.75) is 32.8 Å². The number of carbonyl (C=O) groups is 1. The summed E-state index contributed by atoms with van der Waals surface area (Å²) in [5, 5.41) is 3.96. The Hall–Kier alpha value is -3.48. The van der Waals surface area contributed by atoms with Crippen LogP contribution < -0.4 is 15.7 Å². The van der Waals surface area contributed by atoms with Crippen molar-refractivity contribution >= 4 is 23.2 Å². The lowest BCUT2D eigenvalue weighted by Crippen LogP contribution is -2.21. The molecule has 1 heterocycles. The quantitative estimate of drug-likeness (QED) is 0.488. The average molecular weight is 378 g/mol. The molecule has 2 N–H and O–H groups in total. The summed E-state index contributed by atoms with van der Waals surface area (Å²) in [4.78, 5) is 31.2. The summed E-state index contributed by atoms with van der Waals surface area (Å²) in [7, 11) is 0. The summed E-state index contributed by atoms with van der Waals surface area (Å²) in [6.45, 7) is 3.91. The van der Waals surface area contributed by atoms with Crippen LogP contribution in [0, 0.1) is 0 Å². The fraction of sp³-hybridized carbons (Fsp3) is 0.238. The molecule has 0 fully saturated rings. The maximum atomic E-state index is 12.1. The molecule has 0 saturated heterocycles. The van der Waals surface area contributed by atoms with Crippen molar-refractivity contribution in [1.29, 1.82) is 0 Å². The van der Waals surface area contributed by atoms with E-state index >= 15 is 0 Å². The first-order valence-electron chi connectivity index (χ1n) is 9.08. The highest BCUT2D eigenvalue weighted by Gasteiger charge is 2.07. The normalized spacial score (nSPS) is 11.2. The number of amides is 1. The third-order valence-corrected chi connectivity index (χ3v) is 3.89. The van der Waals surface area contributed by atoms with Crippen LogP contribution in [0.5, 0.6) is 5.75 Å². The molecular formula is C21H22N4O3. The highest BCUT2D eigenvalue weighted by molar-refractivity contribution is 5.83. The van der Waals surface area contributed by atoms with Crippen molar-refractivity contribution in [3.05, 3.63) is 70.1 Å². The molecule has 2 aromatic carbocycles. The molecule has 1 aromatic heterocycles. The lowest BCUT2D eigenvalue weighted by atomic mass is 10.2. The first-order chi connectivity index (χ1) is 13.5. The average Bonchev–Trinajstić information content (AvgIpc) is 2.66. The number of aryl methyl sites for hydroxylation is 1. The van der Waals surface area contributed by atoms with Gasteiger partial charge >= 0.3 is 0 Å². The van der Waals surface area contributed by atoms with Gasteiger partial charge in [-0.3, -0.25) is 9.59 Å². The molecule has 0 saturated carbocycles. The zero-order chi connectivity index (χ0) is 19.9. The second kappa shape index (κ2) is 8.94. The van der Waals surface area contributed by atoms with Crippen LogP contribution in [-0.2, 0) is 11.2 Å². The molecule has 144 valence electrons. The van der Waals surface area contributed by atoms with Crippen LogP contribution in [0.4, 0.5) is 0 Å². The number of rotatable bonds is 7. The Morgan fingerprint density at radius 3 is 2.89 bits per heavy atom. The van der Waals surface area contributed by atoms with Crippen LogP contribution in [0.3, 0.4) is 0 Å². The highest BCUT2D eigenvalue weighted by atomic mass is 16.5. The van der Waals surface area contributed by atoms with E-state index < -0.39 is 0 Å². The third kappa shape index (κ3) is 5.26. The number of hydrazone groups is 1. The van der Waals surface area contributed by atoms with E-state index in [4.69, 9.17) is 4.74 Å². The molecule has 0 atom stereocenters. The van der Waals surface area contributed by atoms with Gasteiger partial charge in [0, 0.05) is 12.8 Å². The van der Waals surface area contributed by atoms with E-state index in [0.717, 1.165) is 11.3 Å². The summed E-state index contributed by atoms with van der Waals surface area (Å²) < 4.78 is 5.62. The number of carbonyl (C=O) groups excluding carboxylic acids is 1. The third-order valence-electron chi connectivity index (χ3n) is 3.89. The van der Waals surface area contributed by atoms with E-state index in [1.807, 2.05) is 56.3 Å². The van der Waals surface area contributed by atoms with Crippen molar-refractivity contribution in [3.63, 3.8) is 0 Å². The standard InChI is InChI=1S/C21H22N4O3/c1-14(2)28-16-7-5-6-15(12-16)13-22-25-20(26)11-10-19-21(27)24-18-9-4-3-8-17(18)23-19/h3-9,12-14H,10-11H2,1-2H3,(H,24,27)(H,25,26)/b22-13-. The summed E-state index contributed by atoms with van der Waals surface area (Å²) in [5.41, 5.74) is 4.70. The maximum Gasteiger partial charge on any atom is 0.270 e. The van der Waals surface area contributed by atoms with Crippen LogP contribution in [0.25, 0.3) is 11.0 Å². The molecule has 0 unspecified atom stereocenters. The zero-order valence-corrected chi connectivity index (χ0v) is 15.8. The molecule has 0 aliphatic carbocycles. The summed E-state index contributed by atoms with van der Waals surface area (Å²) >= 11 is 0. The molecule has 0 aliphatic rings. The van der Waals surface area contributed by atoms with Gasteiger partial charge in [0.25, 0.3) is 5.56 Å². The molecule has 0 bridgehead atoms. The van der Waals surface area contributed by atoms with Gasteiger partial charge in [0.05, 0.1) is 23.4 Å². The fourth-order valence-corrected chi connectivity index (χ4v) is 2.64. The SMILES string of the molecule is CC(C)Oc1cccc(/C=N\NC(=O)CCc2nc3ccccc3[nH]c2=O)c1. The largest absolute Gasteiger partial charge is 0.491 e. The lowest BCUT2D eigenvalue weighted by molar-refractivity contribution is -0.121. The van der Waals surface area contributed by atoms with Gasteiger partial charge in [0.1, 0.15) is 11.4 Å². The van der Waals surface area contributed by atoms with E-state index in [0.29, 0.717) is 16.7 Å². The van der Waals surface area contributed by atoms with Gasteiger partial charge in [-0.1, -0.05) is 24.3 Å². The van der Waals surface area contributed by atoms with Gasteiger partial charge in [-0.25, -0.2) is 10.4 Å². The minimum absolute atomic E-state index is 0.0822. The Bertz CT molecular complexity index is 1060. The van der Waals surface area contributed by atoms with Crippen molar-refractivity contribution in [1.82, 2.24) is 15.4 Å². The molecule has 1 amide bonds. The highest BCUT2D eigenvalue weighted by Crippen LogP contribution is 2.13. The summed E-state index contributed by atoms with van der Waals surface area (Å²) in [6.07, 6.45) is 1.98. The number of hydrogen-bond donors (Lipinski definition) is 2. The monoisotopic (exact) mass is 378 g/mol. The number of para-hydroxylation sites is 2. The molecule has 3 rings (SSSR count). The Morgan fingerprint density at radius 1 is 1.25 bits per heavy atom. The molecule has 0 spiro atoms.